The fourth-order valence-corrected chi connectivity index (χ4v) is 5.18. The summed E-state index contributed by atoms with van der Waals surface area (Å²) in [5, 5.41) is -0.403. The summed E-state index contributed by atoms with van der Waals surface area (Å²) in [6.07, 6.45) is 2.01. The molecule has 108 valence electrons. The quantitative estimate of drug-likeness (QED) is 0.772. The number of hydrogen-bond acceptors (Lipinski definition) is 5. The van der Waals surface area contributed by atoms with Crippen molar-refractivity contribution in [1.29, 1.82) is 0 Å². The number of amides is 1. The van der Waals surface area contributed by atoms with E-state index in [1.165, 1.54) is 6.20 Å². The third kappa shape index (κ3) is 1.91. The summed E-state index contributed by atoms with van der Waals surface area (Å²) in [4.78, 5) is 22.7. The minimum Gasteiger partial charge on any atom is -0.332 e. The van der Waals surface area contributed by atoms with E-state index >= 15 is 0 Å². The minimum absolute atomic E-state index is 0.0738. The molecule has 21 heavy (non-hydrogen) atoms. The molecule has 1 aromatic carbocycles. The highest BCUT2D eigenvalue weighted by Gasteiger charge is 2.50. The first kappa shape index (κ1) is 12.7. The van der Waals surface area contributed by atoms with Gasteiger partial charge in [0.1, 0.15) is 5.69 Å². The molecule has 2 atom stereocenters. The fraction of sp³-hybridized carbons (Fsp3) is 0.357. The van der Waals surface area contributed by atoms with Gasteiger partial charge in [0.05, 0.1) is 28.2 Å². The van der Waals surface area contributed by atoms with Crippen LogP contribution in [0.3, 0.4) is 0 Å². The molecule has 4 rings (SSSR count). The van der Waals surface area contributed by atoms with Crippen LogP contribution in [0, 0.1) is 0 Å². The maximum Gasteiger partial charge on any atom is 0.274 e. The van der Waals surface area contributed by atoms with Crippen LogP contribution in [-0.2, 0) is 9.84 Å². The van der Waals surface area contributed by atoms with Crippen molar-refractivity contribution in [3.05, 3.63) is 36.2 Å². The van der Waals surface area contributed by atoms with Gasteiger partial charge in [-0.25, -0.2) is 13.4 Å². The van der Waals surface area contributed by atoms with Crippen molar-refractivity contribution in [3.63, 3.8) is 0 Å². The Morgan fingerprint density at radius 3 is 2.67 bits per heavy atom. The Morgan fingerprint density at radius 2 is 2.00 bits per heavy atom. The number of carbonyl (C=O) groups is 1. The van der Waals surface area contributed by atoms with Crippen LogP contribution in [0.1, 0.15) is 16.9 Å². The smallest absolute Gasteiger partial charge is 0.274 e. The molecule has 2 saturated heterocycles. The van der Waals surface area contributed by atoms with Crippen molar-refractivity contribution in [2.75, 3.05) is 12.3 Å². The third-order valence-corrected chi connectivity index (χ3v) is 6.44. The Morgan fingerprint density at radius 1 is 1.24 bits per heavy atom. The standard InChI is InChI=1S/C14H13N3O3S/c18-14(17-7-10-5-9(17)8-21(10,19)20)13-6-15-11-3-1-2-4-12(11)16-13/h1-4,6,9-10H,5,7-8H2. The first-order valence-corrected chi connectivity index (χ1v) is 8.50. The predicted molar refractivity (Wildman–Crippen MR) is 76.6 cm³/mol. The van der Waals surface area contributed by atoms with Gasteiger partial charge >= 0.3 is 0 Å². The van der Waals surface area contributed by atoms with E-state index in [4.69, 9.17) is 0 Å². The van der Waals surface area contributed by atoms with Crippen LogP contribution >= 0.6 is 0 Å². The van der Waals surface area contributed by atoms with Crippen molar-refractivity contribution in [1.82, 2.24) is 14.9 Å². The zero-order chi connectivity index (χ0) is 14.6. The number of fused-ring (bicyclic) bond motifs is 3. The van der Waals surface area contributed by atoms with Crippen LogP contribution in [0.2, 0.25) is 0 Å². The van der Waals surface area contributed by atoms with E-state index in [-0.39, 0.29) is 29.9 Å². The Balaban J connectivity index is 1.66. The molecular weight excluding hydrogens is 290 g/mol. The normalized spacial score (nSPS) is 26.4. The zero-order valence-corrected chi connectivity index (χ0v) is 12.0. The molecule has 2 aliphatic rings. The minimum atomic E-state index is -3.00. The molecule has 3 heterocycles. The zero-order valence-electron chi connectivity index (χ0n) is 11.1. The van der Waals surface area contributed by atoms with Gasteiger partial charge in [-0.2, -0.15) is 0 Å². The van der Waals surface area contributed by atoms with Gasteiger partial charge in [0, 0.05) is 12.6 Å². The molecule has 2 bridgehead atoms. The number of nitrogens with zero attached hydrogens (tertiary/aromatic N) is 3. The highest BCUT2D eigenvalue weighted by Crippen LogP contribution is 2.33. The number of sulfone groups is 1. The largest absolute Gasteiger partial charge is 0.332 e. The molecule has 0 spiro atoms. The summed E-state index contributed by atoms with van der Waals surface area (Å²) in [5.74, 6) is -0.152. The highest BCUT2D eigenvalue weighted by atomic mass is 32.2. The molecule has 7 heteroatoms. The second kappa shape index (κ2) is 4.24. The molecule has 0 radical (unpaired) electrons. The Labute approximate surface area is 121 Å². The van der Waals surface area contributed by atoms with Crippen molar-refractivity contribution in [3.8, 4) is 0 Å². The van der Waals surface area contributed by atoms with E-state index in [9.17, 15) is 13.2 Å². The number of para-hydroxylation sites is 2. The van der Waals surface area contributed by atoms with Crippen molar-refractivity contribution in [2.45, 2.75) is 17.7 Å². The van der Waals surface area contributed by atoms with Gasteiger partial charge in [-0.15, -0.1) is 0 Å². The maximum atomic E-state index is 12.5. The summed E-state index contributed by atoms with van der Waals surface area (Å²) < 4.78 is 23.5. The van der Waals surface area contributed by atoms with E-state index in [2.05, 4.69) is 9.97 Å². The second-order valence-corrected chi connectivity index (χ2v) is 7.87. The average Bonchev–Trinajstić information content (AvgIpc) is 3.02. The molecule has 0 N–H and O–H groups in total. The van der Waals surface area contributed by atoms with Gasteiger partial charge in [-0.05, 0) is 18.6 Å². The van der Waals surface area contributed by atoms with Gasteiger partial charge in [0.25, 0.3) is 5.91 Å². The molecule has 2 aliphatic heterocycles. The molecular formula is C14H13N3O3S. The number of aromatic nitrogens is 2. The van der Waals surface area contributed by atoms with Crippen LogP contribution in [0.25, 0.3) is 11.0 Å². The molecule has 0 saturated carbocycles. The molecule has 2 unspecified atom stereocenters. The summed E-state index contributed by atoms with van der Waals surface area (Å²) >= 11 is 0. The number of rotatable bonds is 1. The average molecular weight is 303 g/mol. The molecule has 0 aliphatic carbocycles. The highest BCUT2D eigenvalue weighted by molar-refractivity contribution is 7.92. The third-order valence-electron chi connectivity index (χ3n) is 4.24. The van der Waals surface area contributed by atoms with Crippen LogP contribution in [-0.4, -0.2) is 52.8 Å². The predicted octanol–water partition coefficient (Wildman–Crippen LogP) is 0.641. The lowest BCUT2D eigenvalue weighted by Crippen LogP contribution is -2.44. The lowest BCUT2D eigenvalue weighted by atomic mass is 10.2. The molecule has 1 aromatic heterocycles. The Hall–Kier alpha value is -2.02. The van der Waals surface area contributed by atoms with Gasteiger partial charge in [-0.3, -0.25) is 9.78 Å². The molecule has 2 aromatic rings. The van der Waals surface area contributed by atoms with Crippen molar-refractivity contribution < 1.29 is 13.2 Å². The van der Waals surface area contributed by atoms with Crippen LogP contribution in [0.4, 0.5) is 0 Å². The van der Waals surface area contributed by atoms with Crippen molar-refractivity contribution in [2.24, 2.45) is 0 Å². The molecule has 1 amide bonds. The number of hydrogen-bond donors (Lipinski definition) is 0. The monoisotopic (exact) mass is 303 g/mol. The van der Waals surface area contributed by atoms with Crippen LogP contribution < -0.4 is 0 Å². The number of likely N-dealkylation sites (tertiary alicyclic amines) is 1. The van der Waals surface area contributed by atoms with Crippen molar-refractivity contribution >= 4 is 26.8 Å². The fourth-order valence-electron chi connectivity index (χ4n) is 3.15. The van der Waals surface area contributed by atoms with Gasteiger partial charge in [-0.1, -0.05) is 12.1 Å². The van der Waals surface area contributed by atoms with Crippen LogP contribution in [0.15, 0.2) is 30.5 Å². The summed E-state index contributed by atoms with van der Waals surface area (Å²) in [7, 11) is -3.00. The van der Waals surface area contributed by atoms with Gasteiger partial charge in [0.2, 0.25) is 0 Å². The first-order valence-electron chi connectivity index (χ1n) is 6.79. The number of benzene rings is 1. The van der Waals surface area contributed by atoms with Gasteiger partial charge < -0.3 is 4.90 Å². The Bertz CT molecular complexity index is 849. The first-order chi connectivity index (χ1) is 10.0. The SMILES string of the molecule is O=C(c1cnc2ccccc2n1)N1CC2CC1CS2(=O)=O. The molecule has 6 nitrogen and oxygen atoms in total. The van der Waals surface area contributed by atoms with Crippen LogP contribution in [0.5, 0.6) is 0 Å². The van der Waals surface area contributed by atoms with E-state index in [0.717, 1.165) is 5.52 Å². The topological polar surface area (TPSA) is 80.2 Å². The van der Waals surface area contributed by atoms with E-state index in [0.29, 0.717) is 11.9 Å². The van der Waals surface area contributed by atoms with E-state index < -0.39 is 15.1 Å². The second-order valence-electron chi connectivity index (χ2n) is 5.54. The number of carbonyl (C=O) groups excluding carboxylic acids is 1. The summed E-state index contributed by atoms with van der Waals surface area (Å²) in [6.45, 7) is 0.278. The summed E-state index contributed by atoms with van der Waals surface area (Å²) in [6, 6.07) is 7.14. The molecule has 2 fully saturated rings. The lowest BCUT2D eigenvalue weighted by molar-refractivity contribution is 0.0740. The van der Waals surface area contributed by atoms with E-state index in [1.807, 2.05) is 18.2 Å². The van der Waals surface area contributed by atoms with E-state index in [1.54, 1.807) is 11.0 Å². The lowest BCUT2D eigenvalue weighted by Gasteiger charge is -2.26. The Kier molecular flexibility index (Phi) is 2.56. The summed E-state index contributed by atoms with van der Waals surface area (Å²) in [5.41, 5.74) is 1.68. The van der Waals surface area contributed by atoms with Gasteiger partial charge in [0.15, 0.2) is 9.84 Å². The maximum absolute atomic E-state index is 12.5.